The van der Waals surface area contributed by atoms with E-state index in [2.05, 4.69) is 43.1 Å². The van der Waals surface area contributed by atoms with Crippen molar-refractivity contribution in [1.29, 1.82) is 0 Å². The number of rotatable bonds is 8. The molecule has 1 aromatic rings. The first-order valence-electron chi connectivity index (χ1n) is 6.78. The van der Waals surface area contributed by atoms with Gasteiger partial charge >= 0.3 is 0 Å². The number of hydrogen-bond acceptors (Lipinski definition) is 2. The molecule has 1 rings (SSSR count). The molecule has 0 aliphatic heterocycles. The van der Waals surface area contributed by atoms with Gasteiger partial charge in [-0.25, -0.2) is 0 Å². The third-order valence-electron chi connectivity index (χ3n) is 3.18. The highest BCUT2D eigenvalue weighted by atomic mass is 15.1. The number of nitrogens with two attached hydrogens (primary N) is 1. The Morgan fingerprint density at radius 2 is 1.88 bits per heavy atom. The lowest BCUT2D eigenvalue weighted by Gasteiger charge is -2.19. The van der Waals surface area contributed by atoms with Crippen molar-refractivity contribution in [2.45, 2.75) is 45.6 Å². The van der Waals surface area contributed by atoms with Crippen LogP contribution in [0.3, 0.4) is 0 Å². The number of nitrogens with zero attached hydrogens (tertiary/aromatic N) is 1. The third-order valence-corrected chi connectivity index (χ3v) is 3.18. The molecule has 0 saturated carbocycles. The van der Waals surface area contributed by atoms with E-state index in [1.54, 1.807) is 0 Å². The first-order chi connectivity index (χ1) is 8.27. The molecule has 0 radical (unpaired) electrons. The van der Waals surface area contributed by atoms with Gasteiger partial charge in [0, 0.05) is 25.8 Å². The van der Waals surface area contributed by atoms with Crippen LogP contribution in [0, 0.1) is 0 Å². The average Bonchev–Trinajstić information content (AvgIpc) is 2.38. The fourth-order valence-corrected chi connectivity index (χ4v) is 2.00. The van der Waals surface area contributed by atoms with Gasteiger partial charge in [0.05, 0.1) is 0 Å². The highest BCUT2D eigenvalue weighted by Gasteiger charge is 2.01. The summed E-state index contributed by atoms with van der Waals surface area (Å²) in [6.45, 7) is 4.01. The summed E-state index contributed by atoms with van der Waals surface area (Å²) in [6.07, 6.45) is 6.67. The predicted octanol–water partition coefficient (Wildman–Crippen LogP) is 3.55. The first kappa shape index (κ1) is 14.0. The largest absolute Gasteiger partial charge is 0.375 e. The lowest BCUT2D eigenvalue weighted by Crippen LogP contribution is -2.18. The molecule has 0 heterocycles. The molecule has 1 aromatic carbocycles. The molecule has 2 heteroatoms. The van der Waals surface area contributed by atoms with Gasteiger partial charge in [-0.15, -0.1) is 0 Å². The van der Waals surface area contributed by atoms with E-state index >= 15 is 0 Å². The van der Waals surface area contributed by atoms with Crippen molar-refractivity contribution in [2.24, 2.45) is 5.73 Å². The summed E-state index contributed by atoms with van der Waals surface area (Å²) in [7, 11) is 2.16. The van der Waals surface area contributed by atoms with Gasteiger partial charge in [0.2, 0.25) is 0 Å². The molecule has 0 bridgehead atoms. The molecule has 0 fully saturated rings. The molecule has 2 nitrogen and oxygen atoms in total. The highest BCUT2D eigenvalue weighted by molar-refractivity contribution is 5.47. The molecule has 96 valence electrons. The van der Waals surface area contributed by atoms with Crippen LogP contribution < -0.4 is 10.6 Å². The van der Waals surface area contributed by atoms with E-state index in [4.69, 9.17) is 5.73 Å². The number of unbranched alkanes of at least 4 members (excludes halogenated alkanes) is 4. The van der Waals surface area contributed by atoms with E-state index in [-0.39, 0.29) is 0 Å². The summed E-state index contributed by atoms with van der Waals surface area (Å²) in [5.74, 6) is 0. The second-order valence-corrected chi connectivity index (χ2v) is 4.71. The van der Waals surface area contributed by atoms with Crippen molar-refractivity contribution >= 4 is 5.69 Å². The van der Waals surface area contributed by atoms with Gasteiger partial charge in [0.15, 0.2) is 0 Å². The maximum Gasteiger partial charge on any atom is 0.0366 e. The smallest absolute Gasteiger partial charge is 0.0366 e. The number of hydrogen-bond donors (Lipinski definition) is 1. The zero-order valence-electron chi connectivity index (χ0n) is 11.3. The van der Waals surface area contributed by atoms with Crippen LogP contribution in [-0.2, 0) is 6.54 Å². The minimum atomic E-state index is 0.623. The monoisotopic (exact) mass is 234 g/mol. The molecular weight excluding hydrogens is 208 g/mol. The van der Waals surface area contributed by atoms with Crippen LogP contribution in [0.2, 0.25) is 0 Å². The van der Waals surface area contributed by atoms with Crippen LogP contribution in [-0.4, -0.2) is 13.6 Å². The molecule has 0 amide bonds. The fraction of sp³-hybridized carbons (Fsp3) is 0.600. The molecule has 0 unspecified atom stereocenters. The van der Waals surface area contributed by atoms with E-state index in [9.17, 15) is 0 Å². The van der Waals surface area contributed by atoms with E-state index in [0.717, 1.165) is 6.54 Å². The van der Waals surface area contributed by atoms with Gasteiger partial charge in [-0.05, 0) is 24.1 Å². The first-order valence-corrected chi connectivity index (χ1v) is 6.78. The lowest BCUT2D eigenvalue weighted by molar-refractivity contribution is 0.629. The molecule has 0 aromatic heterocycles. The number of anilines is 1. The zero-order chi connectivity index (χ0) is 12.5. The van der Waals surface area contributed by atoms with Crippen LogP contribution in [0.25, 0.3) is 0 Å². The van der Waals surface area contributed by atoms with Gasteiger partial charge in [-0.3, -0.25) is 0 Å². The molecule has 0 atom stereocenters. The Labute approximate surface area is 106 Å². The highest BCUT2D eigenvalue weighted by Crippen LogP contribution is 2.15. The molecule has 0 aliphatic carbocycles. The van der Waals surface area contributed by atoms with Crippen LogP contribution in [0.5, 0.6) is 0 Å². The summed E-state index contributed by atoms with van der Waals surface area (Å²) < 4.78 is 0. The maximum absolute atomic E-state index is 5.66. The normalized spacial score (nSPS) is 10.5. The standard InChI is InChI=1S/C15H26N2/c1-3-4-5-6-7-11-17(2)15-10-8-9-14(12-15)13-16/h8-10,12H,3-7,11,13,16H2,1-2H3. The Morgan fingerprint density at radius 3 is 2.59 bits per heavy atom. The van der Waals surface area contributed by atoms with E-state index in [1.807, 2.05) is 0 Å². The Bertz CT molecular complexity index is 310. The summed E-state index contributed by atoms with van der Waals surface area (Å²) in [5.41, 5.74) is 8.14. The Hall–Kier alpha value is -1.02. The van der Waals surface area contributed by atoms with E-state index in [1.165, 1.54) is 43.4 Å². The lowest BCUT2D eigenvalue weighted by atomic mass is 10.1. The van der Waals surface area contributed by atoms with Crippen LogP contribution in [0.4, 0.5) is 5.69 Å². The van der Waals surface area contributed by atoms with Crippen molar-refractivity contribution < 1.29 is 0 Å². The molecule has 17 heavy (non-hydrogen) atoms. The van der Waals surface area contributed by atoms with Gasteiger partial charge in [-0.1, -0.05) is 44.7 Å². The molecule has 2 N–H and O–H groups in total. The van der Waals surface area contributed by atoms with E-state index in [0.29, 0.717) is 6.54 Å². The topological polar surface area (TPSA) is 29.3 Å². The van der Waals surface area contributed by atoms with Crippen molar-refractivity contribution in [3.63, 3.8) is 0 Å². The summed E-state index contributed by atoms with van der Waals surface area (Å²) in [4.78, 5) is 2.32. The van der Waals surface area contributed by atoms with Gasteiger partial charge < -0.3 is 10.6 Å². The maximum atomic E-state index is 5.66. The molecular formula is C15H26N2. The van der Waals surface area contributed by atoms with Gasteiger partial charge in [0.1, 0.15) is 0 Å². The molecule has 0 aliphatic rings. The summed E-state index contributed by atoms with van der Waals surface area (Å²) in [5, 5.41) is 0. The minimum Gasteiger partial charge on any atom is -0.375 e. The second kappa shape index (κ2) is 8.13. The molecule has 0 spiro atoms. The van der Waals surface area contributed by atoms with Gasteiger partial charge in [0.25, 0.3) is 0 Å². The summed E-state index contributed by atoms with van der Waals surface area (Å²) in [6, 6.07) is 8.51. The van der Waals surface area contributed by atoms with Crippen molar-refractivity contribution in [3.8, 4) is 0 Å². The summed E-state index contributed by atoms with van der Waals surface area (Å²) >= 11 is 0. The number of benzene rings is 1. The predicted molar refractivity (Wildman–Crippen MR) is 76.4 cm³/mol. The van der Waals surface area contributed by atoms with E-state index < -0.39 is 0 Å². The molecule has 0 saturated heterocycles. The Morgan fingerprint density at radius 1 is 1.12 bits per heavy atom. The van der Waals surface area contributed by atoms with Gasteiger partial charge in [-0.2, -0.15) is 0 Å². The van der Waals surface area contributed by atoms with Crippen LogP contribution in [0.1, 0.15) is 44.6 Å². The zero-order valence-corrected chi connectivity index (χ0v) is 11.3. The minimum absolute atomic E-state index is 0.623. The quantitative estimate of drug-likeness (QED) is 0.697. The van der Waals surface area contributed by atoms with Crippen molar-refractivity contribution in [3.05, 3.63) is 29.8 Å². The average molecular weight is 234 g/mol. The fourth-order valence-electron chi connectivity index (χ4n) is 2.00. The van der Waals surface area contributed by atoms with Crippen LogP contribution >= 0.6 is 0 Å². The Kier molecular flexibility index (Phi) is 6.71. The third kappa shape index (κ3) is 5.22. The van der Waals surface area contributed by atoms with Crippen molar-refractivity contribution in [2.75, 3.05) is 18.5 Å². The second-order valence-electron chi connectivity index (χ2n) is 4.71. The van der Waals surface area contributed by atoms with Crippen molar-refractivity contribution in [1.82, 2.24) is 0 Å². The van der Waals surface area contributed by atoms with Crippen LogP contribution in [0.15, 0.2) is 24.3 Å². The SMILES string of the molecule is CCCCCCCN(C)c1cccc(CN)c1. The Balaban J connectivity index is 2.33.